The minimum Gasteiger partial charge on any atom is -0.317 e. The van der Waals surface area contributed by atoms with Gasteiger partial charge in [0.15, 0.2) is 0 Å². The average Bonchev–Trinajstić information content (AvgIpc) is 3.30. The molecule has 2 heterocycles. The largest absolute Gasteiger partial charge is 0.317 e. The van der Waals surface area contributed by atoms with Gasteiger partial charge in [-0.1, -0.05) is 127 Å². The zero-order valence-electron chi connectivity index (χ0n) is 31.5. The molecule has 5 aromatic carbocycles. The molecule has 0 saturated carbocycles. The summed E-state index contributed by atoms with van der Waals surface area (Å²) in [6.07, 6.45) is 17.5. The van der Waals surface area contributed by atoms with Crippen LogP contribution in [0.3, 0.4) is 0 Å². The first-order valence-corrected chi connectivity index (χ1v) is 19.5. The van der Waals surface area contributed by atoms with E-state index in [0.29, 0.717) is 12.0 Å². The molecule has 0 radical (unpaired) electrons. The third kappa shape index (κ3) is 5.96. The fraction of sp³-hybridized carbons (Fsp3) is 0.0769. The van der Waals surface area contributed by atoms with Crippen LogP contribution < -0.4 is 9.80 Å². The van der Waals surface area contributed by atoms with Crippen molar-refractivity contribution in [2.24, 2.45) is 5.92 Å². The number of rotatable bonds is 8. The smallest absolute Gasteiger partial charge is 0.137 e. The van der Waals surface area contributed by atoms with Gasteiger partial charge in [0.1, 0.15) is 17.7 Å². The lowest BCUT2D eigenvalue weighted by Crippen LogP contribution is -2.37. The third-order valence-electron chi connectivity index (χ3n) is 11.5. The van der Waals surface area contributed by atoms with Crippen molar-refractivity contribution >= 4 is 51.5 Å². The zero-order chi connectivity index (χ0) is 39.0. The van der Waals surface area contributed by atoms with Crippen molar-refractivity contribution < 1.29 is 0 Å². The third-order valence-corrected chi connectivity index (χ3v) is 11.5. The van der Waals surface area contributed by atoms with E-state index in [1.165, 1.54) is 10.9 Å². The molecule has 2 aromatic heterocycles. The normalized spacial score (nSPS) is 17.4. The summed E-state index contributed by atoms with van der Waals surface area (Å²) in [5.41, 5.74) is 11.1. The molecule has 0 amide bonds. The van der Waals surface area contributed by atoms with Crippen molar-refractivity contribution in [1.29, 1.82) is 10.5 Å². The first kappa shape index (κ1) is 34.7. The fourth-order valence-corrected chi connectivity index (χ4v) is 8.86. The van der Waals surface area contributed by atoms with Gasteiger partial charge in [0.2, 0.25) is 0 Å². The van der Waals surface area contributed by atoms with Crippen molar-refractivity contribution in [3.63, 3.8) is 0 Å². The Hall–Kier alpha value is -7.80. The fourth-order valence-electron chi connectivity index (χ4n) is 8.86. The number of nitrogens with zero attached hydrogens (tertiary/aromatic N) is 6. The molecule has 3 unspecified atom stereocenters. The lowest BCUT2D eigenvalue weighted by Gasteiger charge is -2.40. The molecule has 3 aliphatic carbocycles. The maximum Gasteiger partial charge on any atom is 0.137 e. The van der Waals surface area contributed by atoms with E-state index in [1.807, 2.05) is 91.3 Å². The summed E-state index contributed by atoms with van der Waals surface area (Å²) in [6.45, 7) is 0. The highest BCUT2D eigenvalue weighted by molar-refractivity contribution is 6.06. The molecule has 10 rings (SSSR count). The molecule has 7 aromatic rings. The molecule has 0 aliphatic heterocycles. The van der Waals surface area contributed by atoms with Gasteiger partial charge in [-0.05, 0) is 99.3 Å². The predicted octanol–water partition coefficient (Wildman–Crippen LogP) is 12.2. The lowest BCUT2D eigenvalue weighted by atomic mass is 9.75. The van der Waals surface area contributed by atoms with Crippen LogP contribution in [0.1, 0.15) is 40.2 Å². The Morgan fingerprint density at radius 2 is 1.29 bits per heavy atom. The molecular weight excluding hydrogens is 709 g/mol. The molecule has 3 aliphatic rings. The number of pyridine rings is 2. The maximum absolute atomic E-state index is 10.7. The van der Waals surface area contributed by atoms with Crippen molar-refractivity contribution in [1.82, 2.24) is 9.97 Å². The van der Waals surface area contributed by atoms with E-state index in [4.69, 9.17) is 9.97 Å². The Morgan fingerprint density at radius 3 is 2.02 bits per heavy atom. The van der Waals surface area contributed by atoms with Gasteiger partial charge in [-0.2, -0.15) is 10.5 Å². The molecule has 0 saturated heterocycles. The molecule has 3 atom stereocenters. The highest BCUT2D eigenvalue weighted by atomic mass is 15.2. The molecule has 0 bridgehead atoms. The highest BCUT2D eigenvalue weighted by Crippen LogP contribution is 2.49. The van der Waals surface area contributed by atoms with Crippen LogP contribution in [-0.4, -0.2) is 16.0 Å². The summed E-state index contributed by atoms with van der Waals surface area (Å²) in [5, 5.41) is 23.6. The van der Waals surface area contributed by atoms with Crippen molar-refractivity contribution in [3.05, 3.63) is 210 Å². The van der Waals surface area contributed by atoms with Crippen LogP contribution in [0, 0.1) is 28.6 Å². The molecule has 0 spiro atoms. The molecule has 6 nitrogen and oxygen atoms in total. The van der Waals surface area contributed by atoms with Crippen LogP contribution in [0.2, 0.25) is 0 Å². The number of hydrogen-bond donors (Lipinski definition) is 0. The highest BCUT2D eigenvalue weighted by Gasteiger charge is 2.36. The van der Waals surface area contributed by atoms with Gasteiger partial charge in [-0.3, -0.25) is 4.90 Å². The van der Waals surface area contributed by atoms with Gasteiger partial charge < -0.3 is 4.90 Å². The van der Waals surface area contributed by atoms with Crippen LogP contribution >= 0.6 is 0 Å². The van der Waals surface area contributed by atoms with Crippen LogP contribution in [0.5, 0.6) is 0 Å². The minimum absolute atomic E-state index is 0.0609. The second-order valence-electron chi connectivity index (χ2n) is 14.7. The van der Waals surface area contributed by atoms with E-state index in [2.05, 4.69) is 119 Å². The number of anilines is 4. The first-order chi connectivity index (χ1) is 28.7. The molecular formula is C52H36N6. The average molecular weight is 745 g/mol. The maximum atomic E-state index is 10.7. The summed E-state index contributed by atoms with van der Waals surface area (Å²) >= 11 is 0. The summed E-state index contributed by atoms with van der Waals surface area (Å²) in [5.74, 6) is 1.07. The first-order valence-electron chi connectivity index (χ1n) is 19.5. The summed E-state index contributed by atoms with van der Waals surface area (Å²) < 4.78 is 0. The molecule has 58 heavy (non-hydrogen) atoms. The van der Waals surface area contributed by atoms with Gasteiger partial charge in [-0.15, -0.1) is 0 Å². The number of nitriles is 2. The quantitative estimate of drug-likeness (QED) is 0.154. The number of hydrogen-bond acceptors (Lipinski definition) is 6. The minimum atomic E-state index is -0.392. The Bertz CT molecular complexity index is 2900. The van der Waals surface area contributed by atoms with Crippen LogP contribution in [0.25, 0.3) is 39.6 Å². The predicted molar refractivity (Wildman–Crippen MR) is 234 cm³/mol. The van der Waals surface area contributed by atoms with E-state index in [0.717, 1.165) is 67.5 Å². The second-order valence-corrected chi connectivity index (χ2v) is 14.7. The van der Waals surface area contributed by atoms with Gasteiger partial charge >= 0.3 is 0 Å². The number of allylic oxidation sites excluding steroid dienone is 4. The zero-order valence-corrected chi connectivity index (χ0v) is 31.5. The summed E-state index contributed by atoms with van der Waals surface area (Å²) in [6, 6.07) is 52.2. The number of benzene rings is 5. The topological polar surface area (TPSA) is 79.8 Å². The molecule has 274 valence electrons. The Morgan fingerprint density at radius 1 is 0.603 bits per heavy atom. The van der Waals surface area contributed by atoms with Gasteiger partial charge in [0.05, 0.1) is 35.0 Å². The Kier molecular flexibility index (Phi) is 8.78. The van der Waals surface area contributed by atoms with E-state index in [1.54, 1.807) is 0 Å². The Labute approximate surface area is 337 Å². The van der Waals surface area contributed by atoms with Crippen molar-refractivity contribution in [2.45, 2.75) is 18.4 Å². The standard InChI is InChI=1S/C52H36N6/c53-33-41-31-39(35-11-3-1-4-12-35)21-25-45(41)57(49-15-7-9-29-55-49)47-27-19-37-18-24-44-48(28-20-38-17-23-43(47)51(37)52(38)44)58(50-16-8-10-30-56-50)46-26-22-40(32-42(46)34-54)36-13-5-2-6-14-36/h1-31,42-43,47H,32H2. The summed E-state index contributed by atoms with van der Waals surface area (Å²) in [4.78, 5) is 14.1. The van der Waals surface area contributed by atoms with Gasteiger partial charge in [0.25, 0.3) is 0 Å². The van der Waals surface area contributed by atoms with Gasteiger partial charge in [-0.25, -0.2) is 9.97 Å². The Balaban J connectivity index is 1.12. The van der Waals surface area contributed by atoms with Crippen LogP contribution in [0.4, 0.5) is 23.0 Å². The van der Waals surface area contributed by atoms with Crippen molar-refractivity contribution in [3.8, 4) is 23.3 Å². The number of aromatic nitrogens is 2. The van der Waals surface area contributed by atoms with E-state index >= 15 is 0 Å². The van der Waals surface area contributed by atoms with E-state index in [9.17, 15) is 10.5 Å². The molecule has 6 heteroatoms. The van der Waals surface area contributed by atoms with Crippen LogP contribution in [-0.2, 0) is 0 Å². The second kappa shape index (κ2) is 14.7. The van der Waals surface area contributed by atoms with Gasteiger partial charge in [0, 0.05) is 29.4 Å². The molecule has 0 fully saturated rings. The van der Waals surface area contributed by atoms with E-state index in [-0.39, 0.29) is 12.0 Å². The monoisotopic (exact) mass is 744 g/mol. The SMILES string of the molecule is N#Cc1cc(-c2ccccc2)ccc1N(c1ccccn1)C1C=Cc2ccc3c(N(C4=CC=C(c5ccccc5)CC4C#N)c4ccccn4)ccc4c3c2C1C=C4. The lowest BCUT2D eigenvalue weighted by molar-refractivity contribution is 0.688. The van der Waals surface area contributed by atoms with Crippen molar-refractivity contribution in [2.75, 3.05) is 9.80 Å². The van der Waals surface area contributed by atoms with E-state index < -0.39 is 5.92 Å². The molecule has 0 N–H and O–H groups in total. The summed E-state index contributed by atoms with van der Waals surface area (Å²) in [7, 11) is 0. The van der Waals surface area contributed by atoms with Crippen LogP contribution in [0.15, 0.2) is 182 Å².